The molecule has 0 unspecified atom stereocenters. The van der Waals surface area contributed by atoms with E-state index in [1.807, 2.05) is 0 Å². The van der Waals surface area contributed by atoms with Crippen molar-refractivity contribution in [2.24, 2.45) is 0 Å². The summed E-state index contributed by atoms with van der Waals surface area (Å²) in [4.78, 5) is 0. The zero-order chi connectivity index (χ0) is 33.6. The highest BCUT2D eigenvalue weighted by Gasteiger charge is 2.55. The molecule has 2 aliphatic rings. The van der Waals surface area contributed by atoms with Gasteiger partial charge in [0.25, 0.3) is 0 Å². The third-order valence-corrected chi connectivity index (χ3v) is 10.7. The van der Waals surface area contributed by atoms with Crippen molar-refractivity contribution < 1.29 is 28.1 Å². The zero-order valence-electron chi connectivity index (χ0n) is 30.8. The molecule has 0 N–H and O–H groups in total. The topological polar surface area (TPSA) is 55.4 Å². The number of hydrogen-bond donors (Lipinski definition) is 0. The van der Waals surface area contributed by atoms with Crippen LogP contribution in [0.15, 0.2) is 24.3 Å². The molecule has 0 bridgehead atoms. The maximum atomic E-state index is 6.66. The van der Waals surface area contributed by atoms with Gasteiger partial charge in [-0.1, -0.05) is 90.2 Å². The van der Waals surface area contributed by atoms with Crippen LogP contribution in [0.3, 0.4) is 0 Å². The van der Waals surface area contributed by atoms with Crippen molar-refractivity contribution in [3.63, 3.8) is 0 Å². The van der Waals surface area contributed by atoms with E-state index < -0.39 is 36.6 Å². The van der Waals surface area contributed by atoms with E-state index in [4.69, 9.17) is 28.1 Å². The molecule has 0 saturated carbocycles. The average molecular weight is 637 g/mol. The lowest BCUT2D eigenvalue weighted by Crippen LogP contribution is -2.41. The fourth-order valence-corrected chi connectivity index (χ4v) is 6.20. The summed E-state index contributed by atoms with van der Waals surface area (Å²) in [6.45, 7) is 22.6. The second kappa shape index (κ2) is 15.7. The third kappa shape index (κ3) is 8.46. The Bertz CT molecular complexity index is 1140. The predicted molar refractivity (Wildman–Crippen MR) is 193 cm³/mol. The van der Waals surface area contributed by atoms with Crippen LogP contribution in [-0.2, 0) is 18.6 Å². The van der Waals surface area contributed by atoms with E-state index in [-0.39, 0.29) is 0 Å². The van der Waals surface area contributed by atoms with Crippen molar-refractivity contribution in [3.05, 3.63) is 24.3 Å². The molecule has 2 saturated heterocycles. The second-order valence-electron chi connectivity index (χ2n) is 15.5. The van der Waals surface area contributed by atoms with Crippen LogP contribution in [-0.4, -0.2) is 49.9 Å². The van der Waals surface area contributed by atoms with E-state index >= 15 is 0 Å². The average Bonchev–Trinajstić information content (AvgIpc) is 3.34. The zero-order valence-corrected chi connectivity index (χ0v) is 30.8. The third-order valence-electron chi connectivity index (χ3n) is 10.7. The molecule has 0 spiro atoms. The van der Waals surface area contributed by atoms with Crippen molar-refractivity contribution in [2.45, 2.75) is 169 Å². The summed E-state index contributed by atoms with van der Waals surface area (Å²) < 4.78 is 39.7. The Hall–Kier alpha value is -1.73. The molecule has 2 aromatic carbocycles. The molecule has 0 atom stereocenters. The minimum Gasteiger partial charge on any atom is -0.494 e. The normalized spacial score (nSPS) is 19.7. The van der Waals surface area contributed by atoms with Crippen molar-refractivity contribution in [2.75, 3.05) is 13.2 Å². The SMILES string of the molecule is CCCCCCCCOc1ccc2c(B3OC(C)(C)C(C)(C)O3)c(OCCCCCCCC)ccc2c1B1OC(C)(C)C(C)(C)O1. The van der Waals surface area contributed by atoms with Crippen molar-refractivity contribution in [1.29, 1.82) is 0 Å². The highest BCUT2D eigenvalue weighted by atomic mass is 16.7. The first-order chi connectivity index (χ1) is 21.7. The van der Waals surface area contributed by atoms with E-state index in [1.165, 1.54) is 64.2 Å². The van der Waals surface area contributed by atoms with Gasteiger partial charge in [0, 0.05) is 10.9 Å². The minimum absolute atomic E-state index is 0.481. The monoisotopic (exact) mass is 636 g/mol. The lowest BCUT2D eigenvalue weighted by molar-refractivity contribution is 0.00578. The van der Waals surface area contributed by atoms with E-state index in [1.54, 1.807) is 0 Å². The molecule has 8 heteroatoms. The van der Waals surface area contributed by atoms with Gasteiger partial charge in [0.15, 0.2) is 0 Å². The number of fused-ring (bicyclic) bond motifs is 1. The fraction of sp³-hybridized carbons (Fsp3) is 0.737. The first-order valence-corrected chi connectivity index (χ1v) is 18.3. The van der Waals surface area contributed by atoms with Crippen LogP contribution in [0.1, 0.15) is 146 Å². The molecule has 0 aliphatic carbocycles. The maximum absolute atomic E-state index is 6.66. The second-order valence-corrected chi connectivity index (χ2v) is 15.5. The Morgan fingerprint density at radius 2 is 0.761 bits per heavy atom. The van der Waals surface area contributed by atoms with E-state index in [0.717, 1.165) is 46.0 Å². The van der Waals surface area contributed by atoms with Gasteiger partial charge >= 0.3 is 14.2 Å². The number of rotatable bonds is 18. The molecule has 0 amide bonds. The van der Waals surface area contributed by atoms with Crippen molar-refractivity contribution in [1.82, 2.24) is 0 Å². The van der Waals surface area contributed by atoms with E-state index in [0.29, 0.717) is 13.2 Å². The number of unbranched alkanes of at least 4 members (excludes halogenated alkanes) is 10. The molecular weight excluding hydrogens is 574 g/mol. The Balaban J connectivity index is 1.71. The predicted octanol–water partition coefficient (Wildman–Crippen LogP) is 8.92. The van der Waals surface area contributed by atoms with Gasteiger partial charge in [-0.3, -0.25) is 0 Å². The summed E-state index contributed by atoms with van der Waals surface area (Å²) in [6, 6.07) is 8.43. The van der Waals surface area contributed by atoms with Gasteiger partial charge in [0.1, 0.15) is 11.5 Å². The molecule has 2 heterocycles. The van der Waals surface area contributed by atoms with E-state index in [2.05, 4.69) is 93.5 Å². The van der Waals surface area contributed by atoms with Crippen LogP contribution < -0.4 is 20.4 Å². The lowest BCUT2D eigenvalue weighted by Gasteiger charge is -2.32. The number of hydrogen-bond acceptors (Lipinski definition) is 6. The first kappa shape index (κ1) is 37.1. The Morgan fingerprint density at radius 3 is 1.09 bits per heavy atom. The van der Waals surface area contributed by atoms with Crippen molar-refractivity contribution >= 4 is 35.9 Å². The van der Waals surface area contributed by atoms with Gasteiger partial charge in [-0.15, -0.1) is 0 Å². The standard InChI is InChI=1S/C38H62B2O6/c1-11-13-15-17-19-21-27-41-31-25-23-30-29(33(31)39-43-35(3,4)36(5,6)44-39)24-26-32(42-28-22-20-18-16-14-12-2)34(30)40-45-37(7,8)38(9,10)46-40/h23-26H,11-22,27-28H2,1-10H3. The molecule has 2 aliphatic heterocycles. The smallest absolute Gasteiger partial charge is 0.494 e. The number of benzene rings is 2. The molecule has 2 fully saturated rings. The van der Waals surface area contributed by atoms with E-state index in [9.17, 15) is 0 Å². The van der Waals surface area contributed by atoms with Crippen LogP contribution in [0.2, 0.25) is 0 Å². The largest absolute Gasteiger partial charge is 0.499 e. The van der Waals surface area contributed by atoms with Crippen LogP contribution >= 0.6 is 0 Å². The summed E-state index contributed by atoms with van der Waals surface area (Å²) in [7, 11) is -1.15. The summed E-state index contributed by atoms with van der Waals surface area (Å²) in [6.07, 6.45) is 14.6. The van der Waals surface area contributed by atoms with Gasteiger partial charge in [0.05, 0.1) is 35.6 Å². The Labute approximate surface area is 281 Å². The fourth-order valence-electron chi connectivity index (χ4n) is 6.20. The van der Waals surface area contributed by atoms with Gasteiger partial charge in [-0.2, -0.15) is 0 Å². The molecule has 6 nitrogen and oxygen atoms in total. The molecule has 0 aromatic heterocycles. The van der Waals surface area contributed by atoms with Gasteiger partial charge in [0.2, 0.25) is 0 Å². The van der Waals surface area contributed by atoms with Crippen LogP contribution in [0.25, 0.3) is 10.8 Å². The van der Waals surface area contributed by atoms with Crippen LogP contribution in [0.5, 0.6) is 11.5 Å². The number of ether oxygens (including phenoxy) is 2. The Kier molecular flexibility index (Phi) is 12.6. The molecule has 0 radical (unpaired) electrons. The van der Waals surface area contributed by atoms with Gasteiger partial charge in [-0.25, -0.2) is 0 Å². The van der Waals surface area contributed by atoms with Gasteiger partial charge in [-0.05, 0) is 91.1 Å². The summed E-state index contributed by atoms with van der Waals surface area (Å²) >= 11 is 0. The molecule has 2 aromatic rings. The first-order valence-electron chi connectivity index (χ1n) is 18.3. The lowest BCUT2D eigenvalue weighted by atomic mass is 9.70. The quantitative estimate of drug-likeness (QED) is 0.120. The summed E-state index contributed by atoms with van der Waals surface area (Å²) in [5, 5.41) is 2.02. The minimum atomic E-state index is -0.575. The Morgan fingerprint density at radius 1 is 0.457 bits per heavy atom. The molecular formula is C38H62B2O6. The molecule has 256 valence electrons. The van der Waals surface area contributed by atoms with Crippen LogP contribution in [0, 0.1) is 0 Å². The molecule has 46 heavy (non-hydrogen) atoms. The highest BCUT2D eigenvalue weighted by Crippen LogP contribution is 2.40. The summed E-state index contributed by atoms with van der Waals surface area (Å²) in [5.41, 5.74) is -0.0864. The molecule has 4 rings (SSSR count). The maximum Gasteiger partial charge on any atom is 0.499 e. The highest BCUT2D eigenvalue weighted by molar-refractivity contribution is 6.69. The van der Waals surface area contributed by atoms with Crippen LogP contribution in [0.4, 0.5) is 0 Å². The summed E-state index contributed by atoms with van der Waals surface area (Å²) in [5.74, 6) is 1.61. The van der Waals surface area contributed by atoms with Crippen molar-refractivity contribution in [3.8, 4) is 11.5 Å². The van der Waals surface area contributed by atoms with Gasteiger partial charge < -0.3 is 28.1 Å².